The molecule has 3 aromatic rings. The third-order valence-electron chi connectivity index (χ3n) is 2.53. The Morgan fingerprint density at radius 2 is 2.17 bits per heavy atom. The number of hydrogen-bond acceptors (Lipinski definition) is 4. The Morgan fingerprint density at radius 1 is 1.33 bits per heavy atom. The average molecular weight is 389 g/mol. The minimum Gasteiger partial charge on any atom is -0.496 e. The van der Waals surface area contributed by atoms with E-state index in [9.17, 15) is 0 Å². The molecule has 0 amide bonds. The van der Waals surface area contributed by atoms with Crippen LogP contribution in [0.3, 0.4) is 0 Å². The van der Waals surface area contributed by atoms with Crippen LogP contribution in [0.15, 0.2) is 32.8 Å². The van der Waals surface area contributed by atoms with Crippen molar-refractivity contribution in [1.82, 2.24) is 14.6 Å². The Hall–Kier alpha value is -0.920. The number of rotatable bonds is 2. The number of fused-ring (bicyclic) bond motifs is 1. The summed E-state index contributed by atoms with van der Waals surface area (Å²) in [7, 11) is 1.65. The van der Waals surface area contributed by atoms with Gasteiger partial charge in [-0.25, -0.2) is 4.98 Å². The minimum absolute atomic E-state index is 0.781. The van der Waals surface area contributed by atoms with E-state index in [1.165, 1.54) is 11.3 Å². The molecular weight excluding hydrogens is 382 g/mol. The molecule has 2 heterocycles. The van der Waals surface area contributed by atoms with Crippen molar-refractivity contribution in [3.63, 3.8) is 0 Å². The van der Waals surface area contributed by atoms with Crippen molar-refractivity contribution < 1.29 is 4.74 Å². The van der Waals surface area contributed by atoms with E-state index in [0.717, 1.165) is 31.0 Å². The number of imidazole rings is 1. The number of benzene rings is 1. The third-order valence-corrected chi connectivity index (χ3v) is 4.73. The molecule has 0 aliphatic carbocycles. The van der Waals surface area contributed by atoms with Gasteiger partial charge >= 0.3 is 0 Å². The molecule has 0 aliphatic rings. The van der Waals surface area contributed by atoms with Crippen LogP contribution in [0.5, 0.6) is 5.75 Å². The van der Waals surface area contributed by atoms with Crippen LogP contribution in [0.2, 0.25) is 0 Å². The lowest BCUT2D eigenvalue weighted by Crippen LogP contribution is -1.88. The Bertz CT molecular complexity index is 722. The van der Waals surface area contributed by atoms with Gasteiger partial charge in [-0.05, 0) is 37.9 Å². The molecule has 7 heteroatoms. The number of ether oxygens (including phenoxy) is 1. The van der Waals surface area contributed by atoms with E-state index in [-0.39, 0.29) is 0 Å². The summed E-state index contributed by atoms with van der Waals surface area (Å²) >= 11 is 8.57. The van der Waals surface area contributed by atoms with Crippen LogP contribution < -0.4 is 4.74 Å². The Kier molecular flexibility index (Phi) is 3.13. The molecule has 0 saturated heterocycles. The molecule has 4 nitrogen and oxygen atoms in total. The summed E-state index contributed by atoms with van der Waals surface area (Å²) in [5.74, 6) is 0.781. The van der Waals surface area contributed by atoms with Gasteiger partial charge in [-0.3, -0.25) is 0 Å². The number of aromatic nitrogens is 3. The van der Waals surface area contributed by atoms with Crippen LogP contribution in [0, 0.1) is 0 Å². The molecule has 18 heavy (non-hydrogen) atoms. The number of hydrogen-bond donors (Lipinski definition) is 0. The zero-order valence-electron chi connectivity index (χ0n) is 9.22. The molecule has 0 bridgehead atoms. The fraction of sp³-hybridized carbons (Fsp3) is 0.0909. The smallest absolute Gasteiger partial charge is 0.213 e. The maximum atomic E-state index is 5.29. The first-order valence-corrected chi connectivity index (χ1v) is 7.49. The summed E-state index contributed by atoms with van der Waals surface area (Å²) in [6, 6.07) is 5.83. The zero-order chi connectivity index (χ0) is 12.7. The van der Waals surface area contributed by atoms with Gasteiger partial charge in [-0.1, -0.05) is 23.5 Å². The molecule has 0 saturated carbocycles. The molecule has 0 atom stereocenters. The fourth-order valence-electron chi connectivity index (χ4n) is 1.69. The first-order chi connectivity index (χ1) is 8.72. The second-order valence-corrected chi connectivity index (χ2v) is 5.86. The van der Waals surface area contributed by atoms with Crippen molar-refractivity contribution >= 4 is 48.2 Å². The van der Waals surface area contributed by atoms with Gasteiger partial charge in [0.2, 0.25) is 4.96 Å². The van der Waals surface area contributed by atoms with E-state index in [1.54, 1.807) is 17.1 Å². The van der Waals surface area contributed by atoms with Crippen molar-refractivity contribution in [3.05, 3.63) is 32.8 Å². The second kappa shape index (κ2) is 4.64. The highest BCUT2D eigenvalue weighted by atomic mass is 79.9. The van der Waals surface area contributed by atoms with Crippen molar-refractivity contribution in [2.45, 2.75) is 0 Å². The zero-order valence-corrected chi connectivity index (χ0v) is 13.2. The van der Waals surface area contributed by atoms with E-state index in [0.29, 0.717) is 0 Å². The first-order valence-electron chi connectivity index (χ1n) is 5.03. The third kappa shape index (κ3) is 1.77. The highest BCUT2D eigenvalue weighted by Crippen LogP contribution is 2.38. The number of nitrogens with zero attached hydrogens (tertiary/aromatic N) is 3. The topological polar surface area (TPSA) is 39.4 Å². The summed E-state index contributed by atoms with van der Waals surface area (Å²) in [6.45, 7) is 0. The van der Waals surface area contributed by atoms with Gasteiger partial charge in [0.15, 0.2) is 0 Å². The molecule has 0 radical (unpaired) electrons. The molecule has 0 fully saturated rings. The molecule has 2 aromatic heterocycles. The molecular formula is C11H7Br2N3OS. The van der Waals surface area contributed by atoms with Crippen molar-refractivity contribution in [1.29, 1.82) is 0 Å². The Morgan fingerprint density at radius 3 is 2.89 bits per heavy atom. The van der Waals surface area contributed by atoms with Crippen LogP contribution >= 0.6 is 43.2 Å². The number of halogens is 2. The lowest BCUT2D eigenvalue weighted by Gasteiger charge is -2.07. The molecule has 3 rings (SSSR count). The summed E-state index contributed by atoms with van der Waals surface area (Å²) < 4.78 is 8.79. The fourth-order valence-corrected chi connectivity index (χ4v) is 3.60. The van der Waals surface area contributed by atoms with E-state index in [4.69, 9.17) is 4.74 Å². The predicted molar refractivity (Wildman–Crippen MR) is 78.3 cm³/mol. The van der Waals surface area contributed by atoms with E-state index < -0.39 is 0 Å². The molecule has 1 aromatic carbocycles. The van der Waals surface area contributed by atoms with Crippen LogP contribution in [-0.2, 0) is 0 Å². The quantitative estimate of drug-likeness (QED) is 0.666. The van der Waals surface area contributed by atoms with Gasteiger partial charge in [0.05, 0.1) is 11.6 Å². The molecule has 0 spiro atoms. The van der Waals surface area contributed by atoms with Gasteiger partial charge in [0, 0.05) is 5.56 Å². The Balaban J connectivity index is 2.25. The highest BCUT2D eigenvalue weighted by molar-refractivity contribution is 9.11. The van der Waals surface area contributed by atoms with Gasteiger partial charge < -0.3 is 4.74 Å². The lowest BCUT2D eigenvalue weighted by molar-refractivity contribution is 0.412. The molecule has 0 N–H and O–H groups in total. The van der Waals surface area contributed by atoms with E-state index in [2.05, 4.69) is 41.9 Å². The van der Waals surface area contributed by atoms with Gasteiger partial charge in [-0.15, -0.1) is 0 Å². The van der Waals surface area contributed by atoms with Crippen LogP contribution in [-0.4, -0.2) is 21.7 Å². The largest absolute Gasteiger partial charge is 0.496 e. The Labute approximate surface area is 124 Å². The monoisotopic (exact) mass is 387 g/mol. The normalized spacial score (nSPS) is 11.1. The summed E-state index contributed by atoms with van der Waals surface area (Å²) in [6.07, 6.45) is 0. The second-order valence-electron chi connectivity index (χ2n) is 3.51. The maximum Gasteiger partial charge on any atom is 0.213 e. The maximum absolute atomic E-state index is 5.29. The average Bonchev–Trinajstić information content (AvgIpc) is 2.94. The summed E-state index contributed by atoms with van der Waals surface area (Å²) in [5, 5.41) is 4.22. The van der Waals surface area contributed by atoms with E-state index >= 15 is 0 Å². The van der Waals surface area contributed by atoms with Gasteiger partial charge in [0.1, 0.15) is 21.6 Å². The molecule has 92 valence electrons. The predicted octanol–water partition coefficient (Wildman–Crippen LogP) is 3.99. The highest BCUT2D eigenvalue weighted by Gasteiger charge is 2.17. The van der Waals surface area contributed by atoms with Crippen LogP contribution in [0.25, 0.3) is 16.2 Å². The minimum atomic E-state index is 0.781. The number of methoxy groups -OCH3 is 1. The van der Waals surface area contributed by atoms with Gasteiger partial charge in [0.25, 0.3) is 0 Å². The lowest BCUT2D eigenvalue weighted by atomic mass is 10.1. The van der Waals surface area contributed by atoms with Crippen molar-refractivity contribution in [3.8, 4) is 17.0 Å². The SMILES string of the molecule is COc1cccc(-c2nc3scnn3c2Br)c1Br. The molecule has 0 unspecified atom stereocenters. The molecule has 0 aliphatic heterocycles. The van der Waals surface area contributed by atoms with Gasteiger partial charge in [-0.2, -0.15) is 9.61 Å². The van der Waals surface area contributed by atoms with Crippen LogP contribution in [0.1, 0.15) is 0 Å². The standard InChI is InChI=1S/C11H7Br2N3OS/c1-17-7-4-2-3-6(8(7)12)9-10(13)16-11(15-9)18-5-14-16/h2-5H,1H3. The summed E-state index contributed by atoms with van der Waals surface area (Å²) in [5.41, 5.74) is 3.58. The first kappa shape index (κ1) is 12.1. The van der Waals surface area contributed by atoms with Crippen molar-refractivity contribution in [2.75, 3.05) is 7.11 Å². The van der Waals surface area contributed by atoms with Crippen LogP contribution in [0.4, 0.5) is 0 Å². The van der Waals surface area contributed by atoms with E-state index in [1.807, 2.05) is 18.2 Å². The summed E-state index contributed by atoms with van der Waals surface area (Å²) in [4.78, 5) is 5.42. The van der Waals surface area contributed by atoms with Crippen molar-refractivity contribution in [2.24, 2.45) is 0 Å².